The first kappa shape index (κ1) is 13.9. The molecule has 0 atom stereocenters. The number of anilines is 1. The number of H-pyrrole nitrogens is 1. The van der Waals surface area contributed by atoms with Crippen LogP contribution in [0.25, 0.3) is 0 Å². The van der Waals surface area contributed by atoms with Gasteiger partial charge in [-0.15, -0.1) is 0 Å². The summed E-state index contributed by atoms with van der Waals surface area (Å²) in [6, 6.07) is 2.81. The van der Waals surface area contributed by atoms with Crippen molar-refractivity contribution in [2.45, 2.75) is 18.4 Å². The molecule has 1 aromatic carbocycles. The highest BCUT2D eigenvalue weighted by atomic mass is 35.5. The highest BCUT2D eigenvalue weighted by Gasteiger charge is 2.16. The second-order valence-electron chi connectivity index (χ2n) is 4.00. The molecular formula is C11H13ClN4O2S. The summed E-state index contributed by atoms with van der Waals surface area (Å²) in [4.78, 5) is 6.83. The fourth-order valence-corrected chi connectivity index (χ4v) is 2.78. The number of nitrogens with two attached hydrogens (primary N) is 1. The average Bonchev–Trinajstić information content (AvgIpc) is 2.86. The molecule has 0 saturated heterocycles. The van der Waals surface area contributed by atoms with E-state index in [0.29, 0.717) is 16.4 Å². The highest BCUT2D eigenvalue weighted by Crippen LogP contribution is 2.26. The van der Waals surface area contributed by atoms with Crippen molar-refractivity contribution in [2.75, 3.05) is 5.73 Å². The van der Waals surface area contributed by atoms with Gasteiger partial charge in [0.15, 0.2) is 0 Å². The Kier molecular flexibility index (Phi) is 3.79. The second-order valence-corrected chi connectivity index (χ2v) is 6.15. The third-order valence-electron chi connectivity index (χ3n) is 2.55. The SMILES string of the molecule is Cc1cc(S(=O)(=O)NCc2ncc[nH]2)cc(N)c1Cl. The number of halogens is 1. The number of nitrogens with zero attached hydrogens (tertiary/aromatic N) is 1. The minimum Gasteiger partial charge on any atom is -0.397 e. The lowest BCUT2D eigenvalue weighted by Crippen LogP contribution is -2.24. The molecule has 0 aliphatic rings. The van der Waals surface area contributed by atoms with E-state index in [1.54, 1.807) is 19.3 Å². The van der Waals surface area contributed by atoms with Crippen LogP contribution < -0.4 is 10.5 Å². The van der Waals surface area contributed by atoms with Crippen molar-refractivity contribution >= 4 is 27.3 Å². The van der Waals surface area contributed by atoms with Crippen LogP contribution in [0.2, 0.25) is 5.02 Å². The van der Waals surface area contributed by atoms with Crippen LogP contribution in [0.4, 0.5) is 5.69 Å². The first-order chi connectivity index (χ1) is 8.90. The second kappa shape index (κ2) is 5.20. The number of nitrogen functional groups attached to an aromatic ring is 1. The fraction of sp³-hybridized carbons (Fsp3) is 0.182. The number of rotatable bonds is 4. The largest absolute Gasteiger partial charge is 0.397 e. The van der Waals surface area contributed by atoms with Crippen molar-refractivity contribution < 1.29 is 8.42 Å². The maximum absolute atomic E-state index is 12.1. The molecule has 0 radical (unpaired) electrons. The number of aromatic amines is 1. The summed E-state index contributed by atoms with van der Waals surface area (Å²) in [6.45, 7) is 1.78. The fourth-order valence-electron chi connectivity index (χ4n) is 1.56. The molecule has 6 nitrogen and oxygen atoms in total. The van der Waals surface area contributed by atoms with E-state index in [1.807, 2.05) is 0 Å². The van der Waals surface area contributed by atoms with Gasteiger partial charge in [-0.05, 0) is 24.6 Å². The molecule has 0 unspecified atom stereocenters. The van der Waals surface area contributed by atoms with Crippen LogP contribution in [0.3, 0.4) is 0 Å². The predicted molar refractivity (Wildman–Crippen MR) is 73.2 cm³/mol. The predicted octanol–water partition coefficient (Wildman–Crippen LogP) is 1.43. The van der Waals surface area contributed by atoms with Gasteiger partial charge >= 0.3 is 0 Å². The molecule has 1 heterocycles. The number of nitrogens with one attached hydrogen (secondary N) is 2. The molecule has 0 saturated carbocycles. The summed E-state index contributed by atoms with van der Waals surface area (Å²) in [5.41, 5.74) is 6.51. The zero-order valence-corrected chi connectivity index (χ0v) is 11.7. The Labute approximate surface area is 116 Å². The molecule has 0 bridgehead atoms. The van der Waals surface area contributed by atoms with Gasteiger partial charge in [0, 0.05) is 12.4 Å². The first-order valence-corrected chi connectivity index (χ1v) is 7.30. The van der Waals surface area contributed by atoms with Crippen molar-refractivity contribution in [1.82, 2.24) is 14.7 Å². The molecule has 0 amide bonds. The van der Waals surface area contributed by atoms with Gasteiger partial charge < -0.3 is 10.7 Å². The van der Waals surface area contributed by atoms with Gasteiger partial charge in [0.05, 0.1) is 22.2 Å². The van der Waals surface area contributed by atoms with E-state index < -0.39 is 10.0 Å². The molecule has 8 heteroatoms. The van der Waals surface area contributed by atoms with Crippen LogP contribution in [-0.2, 0) is 16.6 Å². The molecule has 0 fully saturated rings. The van der Waals surface area contributed by atoms with Crippen LogP contribution in [-0.4, -0.2) is 18.4 Å². The molecule has 0 spiro atoms. The van der Waals surface area contributed by atoms with Crippen molar-refractivity contribution in [3.63, 3.8) is 0 Å². The standard InChI is InChI=1S/C11H13ClN4O2S/c1-7-4-8(5-9(13)11(7)12)19(17,18)16-6-10-14-2-3-15-10/h2-5,16H,6,13H2,1H3,(H,14,15). The normalized spacial score (nSPS) is 11.7. The number of sulfonamides is 1. The smallest absolute Gasteiger partial charge is 0.241 e. The maximum atomic E-state index is 12.1. The van der Waals surface area contributed by atoms with Gasteiger partial charge in [-0.25, -0.2) is 18.1 Å². The van der Waals surface area contributed by atoms with Gasteiger partial charge in [0.2, 0.25) is 10.0 Å². The molecule has 0 aliphatic carbocycles. The lowest BCUT2D eigenvalue weighted by molar-refractivity contribution is 0.579. The Hall–Kier alpha value is -1.57. The topological polar surface area (TPSA) is 101 Å². The van der Waals surface area contributed by atoms with E-state index in [1.165, 1.54) is 12.1 Å². The minimum absolute atomic E-state index is 0.0803. The Morgan fingerprint density at radius 3 is 2.79 bits per heavy atom. The zero-order valence-electron chi connectivity index (χ0n) is 10.1. The minimum atomic E-state index is -3.65. The molecular weight excluding hydrogens is 288 g/mol. The number of hydrogen-bond acceptors (Lipinski definition) is 4. The third-order valence-corrected chi connectivity index (χ3v) is 4.45. The summed E-state index contributed by atoms with van der Waals surface area (Å²) in [7, 11) is -3.65. The summed E-state index contributed by atoms with van der Waals surface area (Å²) in [6.07, 6.45) is 3.17. The van der Waals surface area contributed by atoms with E-state index in [0.717, 1.165) is 0 Å². The molecule has 2 rings (SSSR count). The molecule has 2 aromatic rings. The van der Waals surface area contributed by atoms with Crippen LogP contribution in [0.1, 0.15) is 11.4 Å². The molecule has 19 heavy (non-hydrogen) atoms. The lowest BCUT2D eigenvalue weighted by Gasteiger charge is -2.09. The number of benzene rings is 1. The maximum Gasteiger partial charge on any atom is 0.241 e. The Balaban J connectivity index is 2.24. The zero-order chi connectivity index (χ0) is 14.0. The Morgan fingerprint density at radius 2 is 2.21 bits per heavy atom. The lowest BCUT2D eigenvalue weighted by atomic mass is 10.2. The van der Waals surface area contributed by atoms with Gasteiger partial charge in [0.25, 0.3) is 0 Å². The molecule has 4 N–H and O–H groups in total. The van der Waals surface area contributed by atoms with Gasteiger partial charge in [0.1, 0.15) is 5.82 Å². The van der Waals surface area contributed by atoms with Crippen LogP contribution in [0.5, 0.6) is 0 Å². The third kappa shape index (κ3) is 3.06. The average molecular weight is 301 g/mol. The monoisotopic (exact) mass is 300 g/mol. The van der Waals surface area contributed by atoms with E-state index in [9.17, 15) is 8.42 Å². The van der Waals surface area contributed by atoms with E-state index in [2.05, 4.69) is 14.7 Å². The van der Waals surface area contributed by atoms with Crippen molar-refractivity contribution in [1.29, 1.82) is 0 Å². The number of aromatic nitrogens is 2. The van der Waals surface area contributed by atoms with Gasteiger partial charge in [-0.3, -0.25) is 0 Å². The molecule has 1 aromatic heterocycles. The van der Waals surface area contributed by atoms with Crippen LogP contribution >= 0.6 is 11.6 Å². The summed E-state index contributed by atoms with van der Waals surface area (Å²) in [5, 5.41) is 0.366. The van der Waals surface area contributed by atoms with Crippen molar-refractivity contribution in [3.8, 4) is 0 Å². The van der Waals surface area contributed by atoms with Crippen molar-refractivity contribution in [2.24, 2.45) is 0 Å². The Bertz CT molecular complexity index is 660. The number of hydrogen-bond donors (Lipinski definition) is 3. The summed E-state index contributed by atoms with van der Waals surface area (Å²) >= 11 is 5.90. The Morgan fingerprint density at radius 1 is 1.47 bits per heavy atom. The van der Waals surface area contributed by atoms with E-state index >= 15 is 0 Å². The van der Waals surface area contributed by atoms with Crippen LogP contribution in [0.15, 0.2) is 29.4 Å². The van der Waals surface area contributed by atoms with Crippen LogP contribution in [0, 0.1) is 6.92 Å². The highest BCUT2D eigenvalue weighted by molar-refractivity contribution is 7.89. The first-order valence-electron chi connectivity index (χ1n) is 5.43. The number of imidazole rings is 1. The summed E-state index contributed by atoms with van der Waals surface area (Å²) < 4.78 is 26.6. The van der Waals surface area contributed by atoms with E-state index in [-0.39, 0.29) is 17.1 Å². The van der Waals surface area contributed by atoms with Crippen molar-refractivity contribution in [3.05, 3.63) is 40.9 Å². The molecule has 102 valence electrons. The summed E-state index contributed by atoms with van der Waals surface area (Å²) in [5.74, 6) is 0.530. The molecule has 0 aliphatic heterocycles. The quantitative estimate of drug-likeness (QED) is 0.744. The van der Waals surface area contributed by atoms with Gasteiger partial charge in [-0.2, -0.15) is 0 Å². The van der Waals surface area contributed by atoms with Gasteiger partial charge in [-0.1, -0.05) is 11.6 Å². The number of aryl methyl sites for hydroxylation is 1. The van der Waals surface area contributed by atoms with E-state index in [4.69, 9.17) is 17.3 Å².